The lowest BCUT2D eigenvalue weighted by atomic mass is 10.4. The molecule has 0 unspecified atom stereocenters. The molecule has 2 aromatic rings. The van der Waals surface area contributed by atoms with Crippen molar-refractivity contribution in [3.63, 3.8) is 0 Å². The maximum absolute atomic E-state index is 8.74. The minimum absolute atomic E-state index is 0.0462. The zero-order valence-electron chi connectivity index (χ0n) is 11.3. The van der Waals surface area contributed by atoms with E-state index in [1.165, 1.54) is 17.3 Å². The summed E-state index contributed by atoms with van der Waals surface area (Å²) in [5.41, 5.74) is 0. The Kier molecular flexibility index (Phi) is 5.36. The zero-order chi connectivity index (χ0) is 15.1. The van der Waals surface area contributed by atoms with E-state index in [9.17, 15) is 0 Å². The maximum Gasteiger partial charge on any atom is 0.258 e. The molecule has 10 heteroatoms. The van der Waals surface area contributed by atoms with Gasteiger partial charge in [-0.1, -0.05) is 0 Å². The molecule has 21 heavy (non-hydrogen) atoms. The van der Waals surface area contributed by atoms with Crippen molar-refractivity contribution < 1.29 is 4.74 Å². The van der Waals surface area contributed by atoms with Gasteiger partial charge in [-0.15, -0.1) is 0 Å². The molecule has 0 aromatic carbocycles. The van der Waals surface area contributed by atoms with Crippen molar-refractivity contribution in [1.82, 2.24) is 29.7 Å². The fourth-order valence-electron chi connectivity index (χ4n) is 1.58. The largest absolute Gasteiger partial charge is 0.383 e. The molecule has 0 amide bonds. The standard InChI is InChI=1S/C11H13ClN8O/c1-21-6-5-19(4-2-3-13)10-16-9(12)17-11(18-10)20-8-14-7-15-20/h7-8H,2,4-6H2,1H3. The van der Waals surface area contributed by atoms with Crippen LogP contribution in [0.2, 0.25) is 5.28 Å². The molecule has 9 nitrogen and oxygen atoms in total. The topological polar surface area (TPSA) is 106 Å². The Morgan fingerprint density at radius 1 is 1.38 bits per heavy atom. The molecule has 0 bridgehead atoms. The molecule has 110 valence electrons. The second-order valence-electron chi connectivity index (χ2n) is 3.93. The lowest BCUT2D eigenvalue weighted by Crippen LogP contribution is -2.30. The van der Waals surface area contributed by atoms with E-state index >= 15 is 0 Å². The number of hydrogen-bond acceptors (Lipinski definition) is 8. The quantitative estimate of drug-likeness (QED) is 0.726. The smallest absolute Gasteiger partial charge is 0.258 e. The lowest BCUT2D eigenvalue weighted by Gasteiger charge is -2.21. The molecule has 0 atom stereocenters. The molecule has 0 saturated heterocycles. The summed E-state index contributed by atoms with van der Waals surface area (Å²) in [5, 5.41) is 12.7. The summed E-state index contributed by atoms with van der Waals surface area (Å²) in [6.07, 6.45) is 3.17. The van der Waals surface area contributed by atoms with Gasteiger partial charge in [-0.05, 0) is 11.6 Å². The Balaban J connectivity index is 2.29. The van der Waals surface area contributed by atoms with E-state index in [1.807, 2.05) is 0 Å². The first kappa shape index (κ1) is 15.1. The Hall–Kier alpha value is -2.31. The molecular weight excluding hydrogens is 296 g/mol. The van der Waals surface area contributed by atoms with Gasteiger partial charge in [0.1, 0.15) is 12.7 Å². The number of rotatable bonds is 7. The van der Waals surface area contributed by atoms with Crippen LogP contribution in [0.3, 0.4) is 0 Å². The van der Waals surface area contributed by atoms with Crippen LogP contribution in [0, 0.1) is 11.3 Å². The lowest BCUT2D eigenvalue weighted by molar-refractivity contribution is 0.205. The molecule has 0 radical (unpaired) electrons. The normalized spacial score (nSPS) is 10.3. The summed E-state index contributed by atoms with van der Waals surface area (Å²) in [4.78, 5) is 18.0. The highest BCUT2D eigenvalue weighted by molar-refractivity contribution is 6.28. The van der Waals surface area contributed by atoms with Crippen LogP contribution in [0.15, 0.2) is 12.7 Å². The number of hydrogen-bond donors (Lipinski definition) is 0. The van der Waals surface area contributed by atoms with Crippen molar-refractivity contribution in [3.05, 3.63) is 17.9 Å². The van der Waals surface area contributed by atoms with Gasteiger partial charge in [-0.25, -0.2) is 4.98 Å². The van der Waals surface area contributed by atoms with Crippen molar-refractivity contribution >= 4 is 17.5 Å². The summed E-state index contributed by atoms with van der Waals surface area (Å²) in [6.45, 7) is 1.49. The van der Waals surface area contributed by atoms with Crippen molar-refractivity contribution in [2.24, 2.45) is 0 Å². The molecule has 0 aliphatic rings. The third-order valence-corrected chi connectivity index (χ3v) is 2.72. The molecule has 0 spiro atoms. The van der Waals surface area contributed by atoms with Gasteiger partial charge >= 0.3 is 0 Å². The van der Waals surface area contributed by atoms with E-state index in [2.05, 4.69) is 31.1 Å². The summed E-state index contributed by atoms with van der Waals surface area (Å²) < 4.78 is 6.43. The van der Waals surface area contributed by atoms with Crippen LogP contribution < -0.4 is 4.90 Å². The SMILES string of the molecule is COCCN(CCC#N)c1nc(Cl)nc(-n2cncn2)n1. The highest BCUT2D eigenvalue weighted by Gasteiger charge is 2.14. The van der Waals surface area contributed by atoms with E-state index in [1.54, 1.807) is 12.0 Å². The Morgan fingerprint density at radius 3 is 2.90 bits per heavy atom. The molecule has 0 N–H and O–H groups in total. The fourth-order valence-corrected chi connectivity index (χ4v) is 1.73. The number of anilines is 1. The van der Waals surface area contributed by atoms with Gasteiger partial charge in [0.25, 0.3) is 5.95 Å². The number of halogens is 1. The molecule has 2 rings (SSSR count). The van der Waals surface area contributed by atoms with Crippen molar-refractivity contribution in [2.75, 3.05) is 31.7 Å². The van der Waals surface area contributed by atoms with Gasteiger partial charge in [0.2, 0.25) is 11.2 Å². The number of methoxy groups -OCH3 is 1. The predicted molar refractivity (Wildman–Crippen MR) is 74.1 cm³/mol. The zero-order valence-corrected chi connectivity index (χ0v) is 12.1. The first-order valence-electron chi connectivity index (χ1n) is 6.12. The van der Waals surface area contributed by atoms with Crippen LogP contribution >= 0.6 is 11.6 Å². The summed E-state index contributed by atoms with van der Waals surface area (Å²) in [6, 6.07) is 2.09. The van der Waals surface area contributed by atoms with E-state index in [-0.39, 0.29) is 11.2 Å². The van der Waals surface area contributed by atoms with Gasteiger partial charge < -0.3 is 9.64 Å². The van der Waals surface area contributed by atoms with E-state index in [0.717, 1.165) is 0 Å². The first-order chi connectivity index (χ1) is 10.2. The number of ether oxygens (including phenoxy) is 1. The van der Waals surface area contributed by atoms with Crippen LogP contribution in [0.1, 0.15) is 6.42 Å². The monoisotopic (exact) mass is 308 g/mol. The highest BCUT2D eigenvalue weighted by Crippen LogP contribution is 2.13. The van der Waals surface area contributed by atoms with Crippen LogP contribution in [-0.2, 0) is 4.74 Å². The number of nitriles is 1. The average Bonchev–Trinajstić information content (AvgIpc) is 3.01. The summed E-state index contributed by atoms with van der Waals surface area (Å²) >= 11 is 5.93. The summed E-state index contributed by atoms with van der Waals surface area (Å²) in [5.74, 6) is 0.634. The van der Waals surface area contributed by atoms with E-state index in [0.29, 0.717) is 32.1 Å². The second-order valence-corrected chi connectivity index (χ2v) is 4.27. The molecule has 0 aliphatic carbocycles. The highest BCUT2D eigenvalue weighted by atomic mass is 35.5. The van der Waals surface area contributed by atoms with Gasteiger partial charge in [0.15, 0.2) is 0 Å². The predicted octanol–water partition coefficient (Wildman–Crippen LogP) is 0.472. The Bertz CT molecular complexity index is 611. The van der Waals surface area contributed by atoms with Crippen molar-refractivity contribution in [2.45, 2.75) is 6.42 Å². The molecular formula is C11H13ClN8O. The Morgan fingerprint density at radius 2 is 2.24 bits per heavy atom. The third kappa shape index (κ3) is 4.08. The van der Waals surface area contributed by atoms with E-state index in [4.69, 9.17) is 21.6 Å². The number of aromatic nitrogens is 6. The number of nitrogens with zero attached hydrogens (tertiary/aromatic N) is 8. The summed E-state index contributed by atoms with van der Waals surface area (Å²) in [7, 11) is 1.60. The fraction of sp³-hybridized carbons (Fsp3) is 0.455. The van der Waals surface area contributed by atoms with Crippen molar-refractivity contribution in [1.29, 1.82) is 5.26 Å². The molecule has 0 aliphatic heterocycles. The van der Waals surface area contributed by atoms with E-state index < -0.39 is 0 Å². The minimum atomic E-state index is 0.0462. The van der Waals surface area contributed by atoms with Crippen LogP contribution in [-0.4, -0.2) is 56.5 Å². The molecule has 0 saturated carbocycles. The maximum atomic E-state index is 8.74. The first-order valence-corrected chi connectivity index (χ1v) is 6.50. The second kappa shape index (κ2) is 7.47. The van der Waals surface area contributed by atoms with Gasteiger partial charge in [-0.3, -0.25) is 0 Å². The average molecular weight is 309 g/mol. The third-order valence-electron chi connectivity index (χ3n) is 2.55. The molecule has 2 aromatic heterocycles. The van der Waals surface area contributed by atoms with Gasteiger partial charge in [0.05, 0.1) is 19.1 Å². The van der Waals surface area contributed by atoms with Crippen LogP contribution in [0.25, 0.3) is 5.95 Å². The molecule has 2 heterocycles. The molecule has 0 fully saturated rings. The van der Waals surface area contributed by atoms with Gasteiger partial charge in [0, 0.05) is 20.2 Å². The van der Waals surface area contributed by atoms with Crippen LogP contribution in [0.5, 0.6) is 0 Å². The van der Waals surface area contributed by atoms with Crippen molar-refractivity contribution in [3.8, 4) is 12.0 Å². The van der Waals surface area contributed by atoms with Crippen LogP contribution in [0.4, 0.5) is 5.95 Å². The Labute approximate surface area is 126 Å². The minimum Gasteiger partial charge on any atom is -0.383 e. The van der Waals surface area contributed by atoms with Gasteiger partial charge in [-0.2, -0.15) is 30.0 Å².